The molecule has 6 heteroatoms. The molecule has 21 heavy (non-hydrogen) atoms. The van der Waals surface area contributed by atoms with Gasteiger partial charge in [-0.25, -0.2) is 4.98 Å². The van der Waals surface area contributed by atoms with Crippen LogP contribution in [0.1, 0.15) is 16.9 Å². The number of nitrogens with zero attached hydrogens (tertiary/aromatic N) is 3. The summed E-state index contributed by atoms with van der Waals surface area (Å²) < 4.78 is 0. The Morgan fingerprint density at radius 2 is 2.00 bits per heavy atom. The number of pyridine rings is 1. The molecule has 2 N–H and O–H groups in total. The summed E-state index contributed by atoms with van der Waals surface area (Å²) in [6.45, 7) is 0.256. The lowest BCUT2D eigenvalue weighted by Crippen LogP contribution is -2.32. The number of benzene rings is 1. The molecule has 0 aliphatic heterocycles. The average Bonchev–Trinajstić information content (AvgIpc) is 2.51. The lowest BCUT2D eigenvalue weighted by molar-refractivity contribution is 0.0983. The van der Waals surface area contributed by atoms with Gasteiger partial charge in [-0.3, -0.25) is 4.79 Å². The van der Waals surface area contributed by atoms with E-state index in [1.165, 1.54) is 17.0 Å². The largest absolute Gasteiger partial charge is 0.384 e. The van der Waals surface area contributed by atoms with Crippen LogP contribution in [0.3, 0.4) is 0 Å². The van der Waals surface area contributed by atoms with Crippen LogP contribution in [0.5, 0.6) is 0 Å². The van der Waals surface area contributed by atoms with E-state index in [1.54, 1.807) is 12.1 Å². The Morgan fingerprint density at radius 1 is 1.29 bits per heavy atom. The number of carbonyl (C=O) groups excluding carboxylic acids is 1. The van der Waals surface area contributed by atoms with Crippen molar-refractivity contribution in [2.45, 2.75) is 6.42 Å². The SMILES string of the molecule is N#CCCN(C(=O)c1nc(N)ccc1Cl)c1ccccc1. The summed E-state index contributed by atoms with van der Waals surface area (Å²) in [5.74, 6) is -0.162. The Labute approximate surface area is 127 Å². The highest BCUT2D eigenvalue weighted by molar-refractivity contribution is 6.34. The Balaban J connectivity index is 2.39. The molecule has 0 spiro atoms. The molecule has 0 radical (unpaired) electrons. The molecular weight excluding hydrogens is 288 g/mol. The van der Waals surface area contributed by atoms with Crippen LogP contribution in [0.2, 0.25) is 5.02 Å². The van der Waals surface area contributed by atoms with Crippen molar-refractivity contribution in [1.29, 1.82) is 5.26 Å². The third-order valence-electron chi connectivity index (χ3n) is 2.83. The number of carbonyl (C=O) groups is 1. The standard InChI is InChI=1S/C15H13ClN4O/c16-12-7-8-13(18)19-14(12)15(21)20(10-4-9-17)11-5-2-1-3-6-11/h1-3,5-8H,4,10H2,(H2,18,19). The van der Waals surface area contributed by atoms with Gasteiger partial charge in [0.25, 0.3) is 5.91 Å². The number of rotatable bonds is 4. The number of hydrogen-bond acceptors (Lipinski definition) is 4. The van der Waals surface area contributed by atoms with E-state index in [-0.39, 0.29) is 35.4 Å². The molecule has 1 amide bonds. The third kappa shape index (κ3) is 3.50. The van der Waals surface area contributed by atoms with Crippen molar-refractivity contribution in [1.82, 2.24) is 4.98 Å². The Kier molecular flexibility index (Phi) is 4.75. The molecule has 1 aromatic heterocycles. The van der Waals surface area contributed by atoms with Gasteiger partial charge in [0.1, 0.15) is 11.5 Å². The van der Waals surface area contributed by atoms with Gasteiger partial charge in [-0.05, 0) is 24.3 Å². The minimum atomic E-state index is -0.381. The molecule has 0 saturated heterocycles. The van der Waals surface area contributed by atoms with E-state index < -0.39 is 0 Å². The van der Waals surface area contributed by atoms with Crippen LogP contribution in [0.4, 0.5) is 11.5 Å². The fourth-order valence-corrected chi connectivity index (χ4v) is 2.04. The molecule has 1 heterocycles. The number of anilines is 2. The number of amides is 1. The maximum absolute atomic E-state index is 12.6. The monoisotopic (exact) mass is 300 g/mol. The predicted octanol–water partition coefficient (Wildman–Crippen LogP) is 2.88. The maximum Gasteiger partial charge on any atom is 0.278 e. The van der Waals surface area contributed by atoms with Crippen molar-refractivity contribution >= 4 is 29.0 Å². The van der Waals surface area contributed by atoms with Crippen LogP contribution in [0.25, 0.3) is 0 Å². The number of hydrogen-bond donors (Lipinski definition) is 1. The maximum atomic E-state index is 12.6. The highest BCUT2D eigenvalue weighted by Gasteiger charge is 2.21. The number of nitrogen functional groups attached to an aromatic ring is 1. The first-order chi connectivity index (χ1) is 10.1. The fourth-order valence-electron chi connectivity index (χ4n) is 1.85. The summed E-state index contributed by atoms with van der Waals surface area (Å²) in [6, 6.07) is 14.1. The van der Waals surface area contributed by atoms with Crippen molar-refractivity contribution in [2.75, 3.05) is 17.2 Å². The molecule has 1 aromatic carbocycles. The molecule has 0 unspecified atom stereocenters. The molecule has 2 aromatic rings. The molecular formula is C15H13ClN4O. The van der Waals surface area contributed by atoms with E-state index >= 15 is 0 Å². The molecule has 2 rings (SSSR count). The van der Waals surface area contributed by atoms with Crippen LogP contribution in [0.15, 0.2) is 42.5 Å². The first-order valence-corrected chi connectivity index (χ1v) is 6.67. The van der Waals surface area contributed by atoms with Crippen LogP contribution >= 0.6 is 11.6 Å². The number of aromatic nitrogens is 1. The van der Waals surface area contributed by atoms with E-state index in [0.717, 1.165) is 0 Å². The number of para-hydroxylation sites is 1. The first kappa shape index (κ1) is 14.8. The second-order valence-corrected chi connectivity index (χ2v) is 4.67. The van der Waals surface area contributed by atoms with Gasteiger partial charge in [-0.2, -0.15) is 5.26 Å². The van der Waals surface area contributed by atoms with E-state index in [1.807, 2.05) is 24.3 Å². The second-order valence-electron chi connectivity index (χ2n) is 4.27. The molecule has 0 atom stereocenters. The number of halogens is 1. The molecule has 0 aliphatic carbocycles. The van der Waals surface area contributed by atoms with Crippen molar-refractivity contribution in [3.63, 3.8) is 0 Å². The third-order valence-corrected chi connectivity index (χ3v) is 3.14. The molecule has 0 bridgehead atoms. The fraction of sp³-hybridized carbons (Fsp3) is 0.133. The van der Waals surface area contributed by atoms with Crippen molar-refractivity contribution in [3.8, 4) is 6.07 Å². The number of nitriles is 1. The average molecular weight is 301 g/mol. The number of nitrogens with two attached hydrogens (primary N) is 1. The summed E-state index contributed by atoms with van der Waals surface area (Å²) in [6.07, 6.45) is 0.209. The molecule has 0 aliphatic rings. The summed E-state index contributed by atoms with van der Waals surface area (Å²) in [4.78, 5) is 18.1. The summed E-state index contributed by atoms with van der Waals surface area (Å²) in [5.41, 5.74) is 6.37. The Morgan fingerprint density at radius 3 is 2.67 bits per heavy atom. The smallest absolute Gasteiger partial charge is 0.278 e. The van der Waals surface area contributed by atoms with Gasteiger partial charge in [0, 0.05) is 12.2 Å². The van der Waals surface area contributed by atoms with Gasteiger partial charge in [-0.1, -0.05) is 29.8 Å². The van der Waals surface area contributed by atoms with E-state index in [9.17, 15) is 4.79 Å². The van der Waals surface area contributed by atoms with Gasteiger partial charge in [0.05, 0.1) is 17.5 Å². The van der Waals surface area contributed by atoms with Crippen LogP contribution in [-0.4, -0.2) is 17.4 Å². The summed E-state index contributed by atoms with van der Waals surface area (Å²) >= 11 is 6.03. The van der Waals surface area contributed by atoms with Crippen LogP contribution in [0, 0.1) is 11.3 Å². The first-order valence-electron chi connectivity index (χ1n) is 6.29. The quantitative estimate of drug-likeness (QED) is 0.941. The zero-order valence-corrected chi connectivity index (χ0v) is 11.9. The predicted molar refractivity (Wildman–Crippen MR) is 82.0 cm³/mol. The molecule has 5 nitrogen and oxygen atoms in total. The highest BCUT2D eigenvalue weighted by Crippen LogP contribution is 2.21. The van der Waals surface area contributed by atoms with Crippen molar-refractivity contribution in [2.24, 2.45) is 0 Å². The minimum Gasteiger partial charge on any atom is -0.384 e. The van der Waals surface area contributed by atoms with E-state index in [4.69, 9.17) is 22.6 Å². The zero-order chi connectivity index (χ0) is 15.2. The van der Waals surface area contributed by atoms with Gasteiger partial charge < -0.3 is 10.6 Å². The molecule has 0 fully saturated rings. The van der Waals surface area contributed by atoms with Gasteiger partial charge in [0.15, 0.2) is 0 Å². The van der Waals surface area contributed by atoms with E-state index in [0.29, 0.717) is 5.69 Å². The second kappa shape index (κ2) is 6.73. The normalized spacial score (nSPS) is 9.90. The van der Waals surface area contributed by atoms with Crippen molar-refractivity contribution < 1.29 is 4.79 Å². The van der Waals surface area contributed by atoms with Gasteiger partial charge >= 0.3 is 0 Å². The Hall–Kier alpha value is -2.58. The topological polar surface area (TPSA) is 83.0 Å². The van der Waals surface area contributed by atoms with Crippen LogP contribution in [-0.2, 0) is 0 Å². The zero-order valence-electron chi connectivity index (χ0n) is 11.2. The van der Waals surface area contributed by atoms with E-state index in [2.05, 4.69) is 4.98 Å². The molecule has 0 saturated carbocycles. The van der Waals surface area contributed by atoms with Crippen LogP contribution < -0.4 is 10.6 Å². The minimum absolute atomic E-state index is 0.0819. The van der Waals surface area contributed by atoms with Crippen molar-refractivity contribution in [3.05, 3.63) is 53.2 Å². The highest BCUT2D eigenvalue weighted by atomic mass is 35.5. The van der Waals surface area contributed by atoms with Gasteiger partial charge in [-0.15, -0.1) is 0 Å². The lowest BCUT2D eigenvalue weighted by atomic mass is 10.2. The molecule has 106 valence electrons. The Bertz CT molecular complexity index is 682. The van der Waals surface area contributed by atoms with Gasteiger partial charge in [0.2, 0.25) is 0 Å². The summed E-state index contributed by atoms with van der Waals surface area (Å²) in [7, 11) is 0. The lowest BCUT2D eigenvalue weighted by Gasteiger charge is -2.21. The summed E-state index contributed by atoms with van der Waals surface area (Å²) in [5, 5.41) is 8.99.